The Morgan fingerprint density at radius 3 is 2.41 bits per heavy atom. The quantitative estimate of drug-likeness (QED) is 0.372. The molecule has 0 aromatic heterocycles. The number of guanidine groups is 1. The van der Waals surface area contributed by atoms with Gasteiger partial charge >= 0.3 is 0 Å². The summed E-state index contributed by atoms with van der Waals surface area (Å²) in [5.74, 6) is 0.812. The molecule has 0 bridgehead atoms. The fraction of sp³-hybridized carbons (Fsp3) is 0.632. The Hall–Kier alpha value is -0.870. The number of sulfonamides is 1. The Morgan fingerprint density at radius 2 is 1.89 bits per heavy atom. The molecule has 2 N–H and O–H groups in total. The third-order valence-corrected chi connectivity index (χ3v) is 6.19. The highest BCUT2D eigenvalue weighted by Gasteiger charge is 2.31. The van der Waals surface area contributed by atoms with E-state index in [4.69, 9.17) is 0 Å². The molecule has 2 rings (SSSR count). The van der Waals surface area contributed by atoms with Gasteiger partial charge in [-0.2, -0.15) is 0 Å². The van der Waals surface area contributed by atoms with Crippen LogP contribution in [0, 0.1) is 5.41 Å². The number of rotatable bonds is 4. The Labute approximate surface area is 181 Å². The molecule has 27 heavy (non-hydrogen) atoms. The van der Waals surface area contributed by atoms with E-state index < -0.39 is 15.6 Å². The average molecular weight is 508 g/mol. The molecule has 1 aromatic carbocycles. The molecule has 0 aliphatic carbocycles. The van der Waals surface area contributed by atoms with Crippen molar-refractivity contribution in [3.63, 3.8) is 0 Å². The highest BCUT2D eigenvalue weighted by atomic mass is 127. The summed E-state index contributed by atoms with van der Waals surface area (Å²) in [6, 6.07) is 7.09. The van der Waals surface area contributed by atoms with Crippen LogP contribution in [0.2, 0.25) is 0 Å². The second-order valence-electron chi connectivity index (χ2n) is 8.70. The zero-order valence-corrected chi connectivity index (χ0v) is 20.3. The van der Waals surface area contributed by atoms with E-state index in [1.54, 1.807) is 19.2 Å². The lowest BCUT2D eigenvalue weighted by Gasteiger charge is -2.24. The van der Waals surface area contributed by atoms with E-state index in [1.807, 2.05) is 32.9 Å². The molecule has 8 heteroatoms. The summed E-state index contributed by atoms with van der Waals surface area (Å²) in [6.07, 6.45) is 1.12. The van der Waals surface area contributed by atoms with Crippen molar-refractivity contribution in [1.29, 1.82) is 0 Å². The minimum Gasteiger partial charge on any atom is -0.352 e. The Kier molecular flexibility index (Phi) is 8.13. The zero-order chi connectivity index (χ0) is 19.6. The first-order valence-corrected chi connectivity index (χ1v) is 10.5. The molecule has 0 spiro atoms. The summed E-state index contributed by atoms with van der Waals surface area (Å²) in [7, 11) is -1.82. The van der Waals surface area contributed by atoms with Gasteiger partial charge in [0.25, 0.3) is 0 Å². The summed E-state index contributed by atoms with van der Waals surface area (Å²) in [6.45, 7) is 12.3. The summed E-state index contributed by atoms with van der Waals surface area (Å²) >= 11 is 0. The van der Waals surface area contributed by atoms with Gasteiger partial charge in [0.2, 0.25) is 10.0 Å². The number of aliphatic imine (C=N–C) groups is 1. The summed E-state index contributed by atoms with van der Waals surface area (Å²) in [5, 5.41) is 3.32. The summed E-state index contributed by atoms with van der Waals surface area (Å²) < 4.78 is 28.2. The monoisotopic (exact) mass is 508 g/mol. The van der Waals surface area contributed by atoms with Gasteiger partial charge in [-0.3, -0.25) is 4.99 Å². The second kappa shape index (κ2) is 9.09. The number of benzene rings is 1. The SMILES string of the molecule is CN=C(NCc1ccccc1S(=O)(=O)NC(C)(C)C)N1CCC(C)(C)C1.I. The number of nitrogens with one attached hydrogen (secondary N) is 2. The zero-order valence-electron chi connectivity index (χ0n) is 17.2. The van der Waals surface area contributed by atoms with Crippen LogP contribution in [0.3, 0.4) is 0 Å². The summed E-state index contributed by atoms with van der Waals surface area (Å²) in [5.41, 5.74) is 0.468. The number of halogens is 1. The van der Waals surface area contributed by atoms with Crippen LogP contribution < -0.4 is 10.0 Å². The van der Waals surface area contributed by atoms with Crippen LogP contribution in [-0.4, -0.2) is 45.0 Å². The van der Waals surface area contributed by atoms with Crippen molar-refractivity contribution in [2.75, 3.05) is 20.1 Å². The topological polar surface area (TPSA) is 73.8 Å². The normalized spacial score (nSPS) is 17.6. The Bertz CT molecular complexity index is 770. The Balaban J connectivity index is 0.00000364. The lowest BCUT2D eigenvalue weighted by molar-refractivity contribution is 0.370. The van der Waals surface area contributed by atoms with Crippen LogP contribution in [0.15, 0.2) is 34.2 Å². The van der Waals surface area contributed by atoms with Crippen molar-refractivity contribution in [3.8, 4) is 0 Å². The maximum atomic E-state index is 12.7. The van der Waals surface area contributed by atoms with Crippen LogP contribution in [0.25, 0.3) is 0 Å². The molecule has 0 atom stereocenters. The first kappa shape index (κ1) is 24.2. The maximum absolute atomic E-state index is 12.7. The van der Waals surface area contributed by atoms with Gasteiger partial charge < -0.3 is 10.2 Å². The molecule has 1 fully saturated rings. The molecule has 154 valence electrons. The molecule has 0 amide bonds. The molecule has 1 heterocycles. The maximum Gasteiger partial charge on any atom is 0.241 e. The van der Waals surface area contributed by atoms with Crippen LogP contribution in [0.4, 0.5) is 0 Å². The molecular formula is C19H33IN4O2S. The van der Waals surface area contributed by atoms with Crippen LogP contribution in [-0.2, 0) is 16.6 Å². The van der Waals surface area contributed by atoms with Crippen molar-refractivity contribution in [3.05, 3.63) is 29.8 Å². The number of likely N-dealkylation sites (tertiary alicyclic amines) is 1. The van der Waals surface area contributed by atoms with Gasteiger partial charge in [0, 0.05) is 32.2 Å². The largest absolute Gasteiger partial charge is 0.352 e. The minimum absolute atomic E-state index is 0. The fourth-order valence-electron chi connectivity index (χ4n) is 3.17. The van der Waals surface area contributed by atoms with Crippen molar-refractivity contribution < 1.29 is 8.42 Å². The highest BCUT2D eigenvalue weighted by Crippen LogP contribution is 2.28. The molecule has 0 radical (unpaired) electrons. The van der Waals surface area contributed by atoms with Crippen molar-refractivity contribution in [2.24, 2.45) is 10.4 Å². The van der Waals surface area contributed by atoms with Crippen molar-refractivity contribution in [1.82, 2.24) is 14.9 Å². The predicted molar refractivity (Wildman–Crippen MR) is 122 cm³/mol. The average Bonchev–Trinajstić information content (AvgIpc) is 2.86. The molecule has 1 aliphatic rings. The second-order valence-corrected chi connectivity index (χ2v) is 10.4. The highest BCUT2D eigenvalue weighted by molar-refractivity contribution is 14.0. The summed E-state index contributed by atoms with van der Waals surface area (Å²) in [4.78, 5) is 6.90. The number of hydrogen-bond donors (Lipinski definition) is 2. The van der Waals surface area contributed by atoms with Crippen molar-refractivity contribution in [2.45, 2.75) is 58.0 Å². The van der Waals surface area contributed by atoms with Gasteiger partial charge in [0.05, 0.1) is 4.90 Å². The third kappa shape index (κ3) is 6.90. The van der Waals surface area contributed by atoms with Crippen LogP contribution in [0.5, 0.6) is 0 Å². The van der Waals surface area contributed by atoms with Gasteiger partial charge in [-0.1, -0.05) is 32.0 Å². The van der Waals surface area contributed by atoms with E-state index >= 15 is 0 Å². The molecule has 0 unspecified atom stereocenters. The lowest BCUT2D eigenvalue weighted by Crippen LogP contribution is -2.42. The van der Waals surface area contributed by atoms with E-state index in [2.05, 4.69) is 33.8 Å². The van der Waals surface area contributed by atoms with Gasteiger partial charge in [-0.25, -0.2) is 13.1 Å². The fourth-order valence-corrected chi connectivity index (χ4v) is 4.83. The van der Waals surface area contributed by atoms with Gasteiger partial charge in [0.15, 0.2) is 5.96 Å². The van der Waals surface area contributed by atoms with E-state index in [1.165, 1.54) is 0 Å². The Morgan fingerprint density at radius 1 is 1.26 bits per heavy atom. The van der Waals surface area contributed by atoms with Gasteiger partial charge in [-0.15, -0.1) is 24.0 Å². The molecular weight excluding hydrogens is 475 g/mol. The van der Waals surface area contributed by atoms with E-state index in [0.29, 0.717) is 11.4 Å². The van der Waals surface area contributed by atoms with Crippen LogP contribution >= 0.6 is 24.0 Å². The molecule has 0 saturated carbocycles. The smallest absolute Gasteiger partial charge is 0.241 e. The molecule has 1 saturated heterocycles. The van der Waals surface area contributed by atoms with Crippen LogP contribution in [0.1, 0.15) is 46.6 Å². The lowest BCUT2D eigenvalue weighted by atomic mass is 9.93. The van der Waals surface area contributed by atoms with Gasteiger partial charge in [-0.05, 0) is 44.2 Å². The van der Waals surface area contributed by atoms with Gasteiger partial charge in [0.1, 0.15) is 0 Å². The van der Waals surface area contributed by atoms with Crippen molar-refractivity contribution >= 4 is 40.0 Å². The third-order valence-electron chi connectivity index (χ3n) is 4.33. The van der Waals surface area contributed by atoms with E-state index in [-0.39, 0.29) is 29.4 Å². The molecule has 6 nitrogen and oxygen atoms in total. The first-order valence-electron chi connectivity index (χ1n) is 9.01. The van der Waals surface area contributed by atoms with E-state index in [0.717, 1.165) is 31.0 Å². The first-order chi connectivity index (χ1) is 11.9. The van der Waals surface area contributed by atoms with E-state index in [9.17, 15) is 8.42 Å². The minimum atomic E-state index is -3.58. The molecule has 1 aliphatic heterocycles. The standard InChI is InChI=1S/C19H32N4O2S.HI/c1-18(2,3)22-26(24,25)16-10-8-7-9-15(16)13-21-17(20-6)23-12-11-19(4,5)14-23;/h7-10,22H,11-14H2,1-6H3,(H,20,21);1H. The predicted octanol–water partition coefficient (Wildman–Crippen LogP) is 3.19. The number of hydrogen-bond acceptors (Lipinski definition) is 3. The number of nitrogens with zero attached hydrogens (tertiary/aromatic N) is 2. The molecule has 1 aromatic rings.